The van der Waals surface area contributed by atoms with Gasteiger partial charge in [0.25, 0.3) is 0 Å². The Morgan fingerprint density at radius 3 is 1.93 bits per heavy atom. The molecule has 0 N–H and O–H groups in total. The second-order valence-corrected chi connectivity index (χ2v) is 6.99. The van der Waals surface area contributed by atoms with Crippen molar-refractivity contribution in [3.63, 3.8) is 0 Å². The molecule has 0 atom stereocenters. The van der Waals surface area contributed by atoms with Gasteiger partial charge in [0, 0.05) is 0 Å². The molecule has 2 aromatic heterocycles. The molecule has 0 aliphatic rings. The molecule has 10 heteroatoms. The minimum atomic E-state index is -0.350. The first-order valence-electron chi connectivity index (χ1n) is 8.33. The van der Waals surface area contributed by atoms with Crippen molar-refractivity contribution in [3.05, 3.63) is 47.5 Å². The molecule has 28 heavy (non-hydrogen) atoms. The first kappa shape index (κ1) is 19.8. The number of fused-ring (bicyclic) bond motifs is 2. The van der Waals surface area contributed by atoms with Crippen molar-refractivity contribution in [1.29, 1.82) is 0 Å². The first-order valence-corrected chi connectivity index (χ1v) is 9.88. The van der Waals surface area contributed by atoms with Crippen LogP contribution >= 0.6 is 23.1 Å². The van der Waals surface area contributed by atoms with Gasteiger partial charge in [0.15, 0.2) is 0 Å². The van der Waals surface area contributed by atoms with E-state index in [1.165, 1.54) is 30.2 Å². The van der Waals surface area contributed by atoms with E-state index >= 15 is 0 Å². The highest BCUT2D eigenvalue weighted by Crippen LogP contribution is 2.21. The van der Waals surface area contributed by atoms with Crippen LogP contribution in [0.15, 0.2) is 36.4 Å². The molecule has 0 bridgehead atoms. The van der Waals surface area contributed by atoms with E-state index in [0.29, 0.717) is 17.7 Å². The van der Waals surface area contributed by atoms with Crippen LogP contribution in [0.25, 0.3) is 20.4 Å². The maximum Gasteiger partial charge on any atom is 0.339 e. The van der Waals surface area contributed by atoms with Crippen molar-refractivity contribution in [2.45, 2.75) is 13.3 Å². The van der Waals surface area contributed by atoms with Gasteiger partial charge in [-0.1, -0.05) is 28.0 Å². The molecule has 0 fully saturated rings. The van der Waals surface area contributed by atoms with Crippen LogP contribution in [-0.2, 0) is 9.47 Å². The zero-order valence-electron chi connectivity index (χ0n) is 15.1. The van der Waals surface area contributed by atoms with E-state index in [2.05, 4.69) is 23.9 Å². The van der Waals surface area contributed by atoms with E-state index in [1.807, 2.05) is 19.1 Å². The topological polar surface area (TPSA) is 104 Å². The molecule has 0 aliphatic heterocycles. The molecule has 4 rings (SSSR count). The monoisotopic (exact) mass is 416 g/mol. The molecule has 2 heterocycles. The largest absolute Gasteiger partial charge is 0.465 e. The van der Waals surface area contributed by atoms with Crippen LogP contribution in [0.1, 0.15) is 34.1 Å². The zero-order valence-corrected chi connectivity index (χ0v) is 16.7. The predicted molar refractivity (Wildman–Crippen MR) is 107 cm³/mol. The van der Waals surface area contributed by atoms with Gasteiger partial charge < -0.3 is 9.47 Å². The van der Waals surface area contributed by atoms with E-state index in [-0.39, 0.29) is 11.9 Å². The average molecular weight is 416 g/mol. The lowest BCUT2D eigenvalue weighted by molar-refractivity contribution is 0.0507. The van der Waals surface area contributed by atoms with Crippen LogP contribution in [-0.4, -0.2) is 44.8 Å². The Hall–Kier alpha value is -2.98. The average Bonchev–Trinajstić information content (AvgIpc) is 3.40. The van der Waals surface area contributed by atoms with Crippen LogP contribution in [0.3, 0.4) is 0 Å². The third-order valence-electron chi connectivity index (χ3n) is 3.61. The Morgan fingerprint density at radius 2 is 1.43 bits per heavy atom. The normalized spacial score (nSPS) is 10.4. The summed E-state index contributed by atoms with van der Waals surface area (Å²) in [5, 5.41) is 7.76. The first-order chi connectivity index (χ1) is 13.7. The number of benzene rings is 2. The van der Waals surface area contributed by atoms with Crippen LogP contribution in [0.5, 0.6) is 0 Å². The highest BCUT2D eigenvalue weighted by atomic mass is 32.1. The molecule has 0 unspecified atom stereocenters. The molecule has 0 saturated heterocycles. The zero-order chi connectivity index (χ0) is 19.9. The lowest BCUT2D eigenvalue weighted by Gasteiger charge is -2.02. The highest BCUT2D eigenvalue weighted by molar-refractivity contribution is 7.13. The van der Waals surface area contributed by atoms with Gasteiger partial charge in [-0.3, -0.25) is 0 Å². The number of hydrogen-bond donors (Lipinski definition) is 0. The highest BCUT2D eigenvalue weighted by Gasteiger charge is 2.13. The summed E-state index contributed by atoms with van der Waals surface area (Å²) in [5.41, 5.74) is 2.55. The van der Waals surface area contributed by atoms with E-state index in [9.17, 15) is 9.59 Å². The maximum atomic E-state index is 11.6. The minimum absolute atomic E-state index is 0.298. The van der Waals surface area contributed by atoms with Crippen LogP contribution in [0.2, 0.25) is 0 Å². The molecule has 8 nitrogen and oxygen atoms in total. The summed E-state index contributed by atoms with van der Waals surface area (Å²) in [4.78, 5) is 22.9. The molecule has 144 valence electrons. The van der Waals surface area contributed by atoms with Crippen LogP contribution < -0.4 is 0 Å². The molecular formula is C18H16N4O4S2. The molecule has 0 aliphatic carbocycles. The molecule has 0 saturated carbocycles. The number of carbonyl (C=O) groups excluding carboxylic acids is 2. The van der Waals surface area contributed by atoms with Crippen LogP contribution in [0, 0.1) is 0 Å². The van der Waals surface area contributed by atoms with Crippen molar-refractivity contribution in [2.24, 2.45) is 0 Å². The standard InChI is InChI=1S/C10H10N2O2S.C8H6N2O2S/c1-2-6-14-10(13)7-4-3-5-8-9(7)15-12-11-8;1-12-8(11)5-3-2-4-6-7(5)13-10-9-6/h3-5H,2,6H2,1H3;2-4H,1H3. The Labute approximate surface area is 168 Å². The van der Waals surface area contributed by atoms with Gasteiger partial charge >= 0.3 is 11.9 Å². The van der Waals surface area contributed by atoms with Crippen molar-refractivity contribution in [2.75, 3.05) is 13.7 Å². The fourth-order valence-corrected chi connectivity index (χ4v) is 3.64. The van der Waals surface area contributed by atoms with Gasteiger partial charge in [-0.15, -0.1) is 10.2 Å². The quantitative estimate of drug-likeness (QED) is 0.464. The van der Waals surface area contributed by atoms with E-state index in [4.69, 9.17) is 4.74 Å². The SMILES string of the molecule is CCCOC(=O)c1cccc2nnsc12.COC(=O)c1cccc2nnsc12. The van der Waals surface area contributed by atoms with Gasteiger partial charge in [0.2, 0.25) is 0 Å². The van der Waals surface area contributed by atoms with Crippen molar-refractivity contribution in [1.82, 2.24) is 19.2 Å². The number of esters is 2. The summed E-state index contributed by atoms with van der Waals surface area (Å²) in [6.07, 6.45) is 0.822. The second kappa shape index (κ2) is 9.29. The fraction of sp³-hybridized carbons (Fsp3) is 0.222. The van der Waals surface area contributed by atoms with Crippen molar-refractivity contribution in [3.8, 4) is 0 Å². The molecule has 4 aromatic rings. The number of ether oxygens (including phenoxy) is 2. The number of aromatic nitrogens is 4. The lowest BCUT2D eigenvalue weighted by Crippen LogP contribution is -2.05. The maximum absolute atomic E-state index is 11.6. The Morgan fingerprint density at radius 1 is 0.893 bits per heavy atom. The fourth-order valence-electron chi connectivity index (χ4n) is 2.31. The molecule has 0 amide bonds. The summed E-state index contributed by atoms with van der Waals surface area (Å²) >= 11 is 2.41. The Balaban J connectivity index is 0.000000162. The summed E-state index contributed by atoms with van der Waals surface area (Å²) in [7, 11) is 1.36. The number of rotatable bonds is 4. The summed E-state index contributed by atoms with van der Waals surface area (Å²) in [6, 6.07) is 10.6. The van der Waals surface area contributed by atoms with Crippen molar-refractivity contribution >= 4 is 55.4 Å². The molecule has 0 spiro atoms. The second-order valence-electron chi connectivity index (χ2n) is 5.48. The van der Waals surface area contributed by atoms with Gasteiger partial charge in [-0.25, -0.2) is 9.59 Å². The Bertz CT molecular complexity index is 1110. The third-order valence-corrected chi connectivity index (χ3v) is 5.16. The smallest absolute Gasteiger partial charge is 0.339 e. The van der Waals surface area contributed by atoms with E-state index in [0.717, 1.165) is 26.9 Å². The van der Waals surface area contributed by atoms with Gasteiger partial charge in [0.1, 0.15) is 11.0 Å². The van der Waals surface area contributed by atoms with E-state index in [1.54, 1.807) is 24.3 Å². The summed E-state index contributed by atoms with van der Waals surface area (Å²) in [6.45, 7) is 2.41. The van der Waals surface area contributed by atoms with Gasteiger partial charge in [-0.05, 0) is 53.8 Å². The van der Waals surface area contributed by atoms with Crippen molar-refractivity contribution < 1.29 is 19.1 Å². The predicted octanol–water partition coefficient (Wildman–Crippen LogP) is 3.74. The molecule has 0 radical (unpaired) electrons. The summed E-state index contributed by atoms with van der Waals surface area (Å²) < 4.78 is 18.8. The number of hydrogen-bond acceptors (Lipinski definition) is 10. The number of methoxy groups -OCH3 is 1. The molecule has 2 aromatic carbocycles. The third kappa shape index (κ3) is 4.29. The lowest BCUT2D eigenvalue weighted by atomic mass is 10.2. The number of carbonyl (C=O) groups is 2. The van der Waals surface area contributed by atoms with Gasteiger partial charge in [-0.2, -0.15) is 0 Å². The minimum Gasteiger partial charge on any atom is -0.465 e. The van der Waals surface area contributed by atoms with E-state index < -0.39 is 0 Å². The molecular weight excluding hydrogens is 400 g/mol. The van der Waals surface area contributed by atoms with Crippen LogP contribution in [0.4, 0.5) is 0 Å². The Kier molecular flexibility index (Phi) is 6.56. The van der Waals surface area contributed by atoms with Gasteiger partial charge in [0.05, 0.1) is 34.2 Å². The summed E-state index contributed by atoms with van der Waals surface area (Å²) in [5.74, 6) is -0.648. The number of nitrogens with zero attached hydrogens (tertiary/aromatic N) is 4.